The van der Waals surface area contributed by atoms with Crippen LogP contribution < -0.4 is 0 Å². The minimum Gasteiger partial charge on any atom is -0.376 e. The van der Waals surface area contributed by atoms with Crippen LogP contribution in [0.3, 0.4) is 0 Å². The number of rotatable bonds is 7. The highest BCUT2D eigenvalue weighted by molar-refractivity contribution is 7.07. The first-order valence-electron chi connectivity index (χ1n) is 8.53. The second-order valence-corrected chi connectivity index (χ2v) is 7.22. The van der Waals surface area contributed by atoms with Crippen LogP contribution in [0.4, 0.5) is 0 Å². The number of hydrogen-bond donors (Lipinski definition) is 0. The summed E-state index contributed by atoms with van der Waals surface area (Å²) in [6.45, 7) is 6.80. The van der Waals surface area contributed by atoms with Gasteiger partial charge in [0.2, 0.25) is 5.91 Å². The zero-order valence-corrected chi connectivity index (χ0v) is 15.2. The lowest BCUT2D eigenvalue weighted by molar-refractivity contribution is -0.133. The molecule has 6 heteroatoms. The van der Waals surface area contributed by atoms with Crippen molar-refractivity contribution < 1.29 is 9.53 Å². The second-order valence-electron chi connectivity index (χ2n) is 6.44. The third-order valence-electron chi connectivity index (χ3n) is 4.40. The predicted molar refractivity (Wildman–Crippen MR) is 95.0 cm³/mol. The third kappa shape index (κ3) is 4.45. The summed E-state index contributed by atoms with van der Waals surface area (Å²) in [7, 11) is 0. The summed E-state index contributed by atoms with van der Waals surface area (Å²) in [4.78, 5) is 14.7. The van der Waals surface area contributed by atoms with Crippen molar-refractivity contribution in [1.82, 2.24) is 14.7 Å². The Morgan fingerprint density at radius 1 is 1.50 bits per heavy atom. The molecule has 1 amide bonds. The van der Waals surface area contributed by atoms with Gasteiger partial charge in [-0.1, -0.05) is 0 Å². The summed E-state index contributed by atoms with van der Waals surface area (Å²) in [6, 6.07) is 4.13. The van der Waals surface area contributed by atoms with Gasteiger partial charge in [-0.3, -0.25) is 9.48 Å². The fraction of sp³-hybridized carbons (Fsp3) is 0.556. The number of ether oxygens (including phenoxy) is 1. The lowest BCUT2D eigenvalue weighted by Crippen LogP contribution is -2.37. The highest BCUT2D eigenvalue weighted by Gasteiger charge is 2.23. The molecule has 0 aromatic carbocycles. The van der Waals surface area contributed by atoms with Crippen LogP contribution in [0, 0.1) is 13.8 Å². The Morgan fingerprint density at radius 2 is 2.38 bits per heavy atom. The molecule has 5 nitrogen and oxygen atoms in total. The molecule has 1 aliphatic rings. The van der Waals surface area contributed by atoms with Crippen LogP contribution >= 0.6 is 11.3 Å². The highest BCUT2D eigenvalue weighted by atomic mass is 32.1. The molecule has 130 valence electrons. The zero-order chi connectivity index (χ0) is 16.9. The van der Waals surface area contributed by atoms with Crippen LogP contribution in [0.2, 0.25) is 0 Å². The van der Waals surface area contributed by atoms with Gasteiger partial charge in [0.05, 0.1) is 11.8 Å². The van der Waals surface area contributed by atoms with Gasteiger partial charge in [-0.15, -0.1) is 0 Å². The van der Waals surface area contributed by atoms with Crippen molar-refractivity contribution in [3.63, 3.8) is 0 Å². The molecule has 1 saturated heterocycles. The highest BCUT2D eigenvalue weighted by Crippen LogP contribution is 2.17. The molecular weight excluding hydrogens is 322 g/mol. The van der Waals surface area contributed by atoms with E-state index >= 15 is 0 Å². The van der Waals surface area contributed by atoms with Crippen molar-refractivity contribution in [2.24, 2.45) is 0 Å². The van der Waals surface area contributed by atoms with Gasteiger partial charge in [-0.2, -0.15) is 16.4 Å². The molecule has 1 atom stereocenters. The first kappa shape index (κ1) is 17.2. The smallest absolute Gasteiger partial charge is 0.224 e. The Bertz CT molecular complexity index is 660. The van der Waals surface area contributed by atoms with E-state index in [-0.39, 0.29) is 12.0 Å². The molecule has 0 radical (unpaired) electrons. The second kappa shape index (κ2) is 7.94. The van der Waals surface area contributed by atoms with E-state index in [9.17, 15) is 4.79 Å². The maximum absolute atomic E-state index is 12.8. The molecule has 2 aromatic heterocycles. The van der Waals surface area contributed by atoms with Crippen molar-refractivity contribution in [2.75, 3.05) is 13.2 Å². The quantitative estimate of drug-likeness (QED) is 0.773. The first-order chi connectivity index (χ1) is 11.6. The van der Waals surface area contributed by atoms with Gasteiger partial charge in [0.25, 0.3) is 0 Å². The number of aryl methyl sites for hydroxylation is 3. The number of carbonyl (C=O) groups excluding carboxylic acids is 1. The lowest BCUT2D eigenvalue weighted by Gasteiger charge is -2.25. The molecule has 3 heterocycles. The Kier molecular flexibility index (Phi) is 5.68. The number of amides is 1. The van der Waals surface area contributed by atoms with Crippen molar-refractivity contribution in [1.29, 1.82) is 0 Å². The maximum atomic E-state index is 12.8. The summed E-state index contributed by atoms with van der Waals surface area (Å²) in [5.41, 5.74) is 3.29. The van der Waals surface area contributed by atoms with Crippen LogP contribution in [0.15, 0.2) is 22.9 Å². The average molecular weight is 347 g/mol. The Morgan fingerprint density at radius 3 is 3.00 bits per heavy atom. The van der Waals surface area contributed by atoms with Gasteiger partial charge in [0.1, 0.15) is 0 Å². The van der Waals surface area contributed by atoms with Crippen molar-refractivity contribution in [3.05, 3.63) is 39.8 Å². The summed E-state index contributed by atoms with van der Waals surface area (Å²) < 4.78 is 7.65. The Balaban J connectivity index is 1.61. The van der Waals surface area contributed by atoms with E-state index in [1.54, 1.807) is 11.3 Å². The summed E-state index contributed by atoms with van der Waals surface area (Å²) >= 11 is 1.67. The van der Waals surface area contributed by atoms with Crippen LogP contribution in [0.25, 0.3) is 0 Å². The van der Waals surface area contributed by atoms with Gasteiger partial charge in [0, 0.05) is 38.4 Å². The van der Waals surface area contributed by atoms with Crippen LogP contribution in [-0.2, 0) is 22.6 Å². The van der Waals surface area contributed by atoms with Gasteiger partial charge < -0.3 is 9.64 Å². The average Bonchev–Trinajstić information content (AvgIpc) is 3.28. The molecular formula is C18H25N3O2S. The minimum absolute atomic E-state index is 0.171. The zero-order valence-electron chi connectivity index (χ0n) is 14.4. The Hall–Kier alpha value is -1.66. The predicted octanol–water partition coefficient (Wildman–Crippen LogP) is 3.16. The summed E-state index contributed by atoms with van der Waals surface area (Å²) in [5.74, 6) is 0.171. The molecule has 1 fully saturated rings. The standard InChI is InChI=1S/C18H25N3O2S/c1-14-10-15(2)21(19-14)7-5-18(22)20(11-16-6-9-24-13-16)12-17-4-3-8-23-17/h6,9-10,13,17H,3-5,7-8,11-12H2,1-2H3. The van der Waals surface area contributed by atoms with E-state index < -0.39 is 0 Å². The number of thiophene rings is 1. The molecule has 0 bridgehead atoms. The fourth-order valence-electron chi connectivity index (χ4n) is 3.15. The first-order valence-corrected chi connectivity index (χ1v) is 9.47. The molecule has 0 N–H and O–H groups in total. The third-order valence-corrected chi connectivity index (χ3v) is 5.13. The van der Waals surface area contributed by atoms with Crippen molar-refractivity contribution >= 4 is 17.2 Å². The number of carbonyl (C=O) groups is 1. The number of aromatic nitrogens is 2. The van der Waals surface area contributed by atoms with Crippen LogP contribution in [0.1, 0.15) is 36.2 Å². The minimum atomic E-state index is 0.171. The Labute approximate surface area is 147 Å². The van der Waals surface area contributed by atoms with Gasteiger partial charge >= 0.3 is 0 Å². The van der Waals surface area contributed by atoms with E-state index in [1.807, 2.05) is 29.5 Å². The molecule has 0 aliphatic carbocycles. The fourth-order valence-corrected chi connectivity index (χ4v) is 3.81. The van der Waals surface area contributed by atoms with Gasteiger partial charge in [-0.05, 0) is 55.1 Å². The van der Waals surface area contributed by atoms with E-state index in [2.05, 4.69) is 21.9 Å². The summed E-state index contributed by atoms with van der Waals surface area (Å²) in [5, 5.41) is 8.61. The summed E-state index contributed by atoms with van der Waals surface area (Å²) in [6.07, 6.45) is 2.79. The van der Waals surface area contributed by atoms with Crippen LogP contribution in [0.5, 0.6) is 0 Å². The van der Waals surface area contributed by atoms with Crippen LogP contribution in [-0.4, -0.2) is 39.8 Å². The van der Waals surface area contributed by atoms with E-state index in [1.165, 1.54) is 5.56 Å². The molecule has 24 heavy (non-hydrogen) atoms. The molecule has 1 unspecified atom stereocenters. The van der Waals surface area contributed by atoms with Gasteiger partial charge in [0.15, 0.2) is 0 Å². The molecule has 1 aliphatic heterocycles. The van der Waals surface area contributed by atoms with E-state index in [0.29, 0.717) is 26.1 Å². The van der Waals surface area contributed by atoms with Crippen molar-refractivity contribution in [2.45, 2.75) is 52.3 Å². The topological polar surface area (TPSA) is 47.4 Å². The SMILES string of the molecule is Cc1cc(C)n(CCC(=O)N(Cc2ccsc2)CC2CCCO2)n1. The molecule has 3 rings (SSSR count). The normalized spacial score (nSPS) is 17.3. The molecule has 0 saturated carbocycles. The lowest BCUT2D eigenvalue weighted by atomic mass is 10.2. The monoisotopic (exact) mass is 347 g/mol. The van der Waals surface area contributed by atoms with E-state index in [4.69, 9.17) is 4.74 Å². The number of nitrogens with zero attached hydrogens (tertiary/aromatic N) is 3. The number of hydrogen-bond acceptors (Lipinski definition) is 4. The van der Waals surface area contributed by atoms with Crippen molar-refractivity contribution in [3.8, 4) is 0 Å². The van der Waals surface area contributed by atoms with Gasteiger partial charge in [-0.25, -0.2) is 0 Å². The maximum Gasteiger partial charge on any atom is 0.224 e. The molecule has 0 spiro atoms. The van der Waals surface area contributed by atoms with E-state index in [0.717, 1.165) is 30.8 Å². The largest absolute Gasteiger partial charge is 0.376 e. The molecule has 2 aromatic rings.